The van der Waals surface area contributed by atoms with Crippen molar-refractivity contribution in [1.82, 2.24) is 0 Å². The van der Waals surface area contributed by atoms with Gasteiger partial charge >= 0.3 is 11.5 Å². The van der Waals surface area contributed by atoms with E-state index in [2.05, 4.69) is 6.58 Å². The maximum Gasteiger partial charge on any atom is 0.443 e. The number of rotatable bonds is 5. The highest BCUT2D eigenvalue weighted by Crippen LogP contribution is 2.50. The summed E-state index contributed by atoms with van der Waals surface area (Å²) >= 11 is -0.361. The predicted molar refractivity (Wildman–Crippen MR) is 87.2 cm³/mol. The lowest BCUT2D eigenvalue weighted by Gasteiger charge is -2.34. The lowest BCUT2D eigenvalue weighted by molar-refractivity contribution is -0.158. The fourth-order valence-electron chi connectivity index (χ4n) is 2.12. The predicted octanol–water partition coefficient (Wildman–Crippen LogP) is 5.36. The molecule has 0 N–H and O–H groups in total. The van der Waals surface area contributed by atoms with E-state index in [1.54, 1.807) is 45.9 Å². The third-order valence-corrected chi connectivity index (χ3v) is 4.08. The second-order valence-electron chi connectivity index (χ2n) is 6.24. The van der Waals surface area contributed by atoms with Crippen molar-refractivity contribution in [3.63, 3.8) is 0 Å². The van der Waals surface area contributed by atoms with Crippen LogP contribution in [-0.2, 0) is 14.3 Å². The number of thioether (sulfide) groups is 1. The fraction of sp³-hybridized carbons (Fsp3) is 0.471. The lowest BCUT2D eigenvalue weighted by Crippen LogP contribution is -2.40. The molecule has 0 aliphatic carbocycles. The van der Waals surface area contributed by atoms with E-state index < -0.39 is 21.8 Å². The van der Waals surface area contributed by atoms with Gasteiger partial charge in [0.1, 0.15) is 10.3 Å². The summed E-state index contributed by atoms with van der Waals surface area (Å²) in [4.78, 5) is 12.7. The van der Waals surface area contributed by atoms with Crippen molar-refractivity contribution in [3.8, 4) is 0 Å². The highest BCUT2D eigenvalue weighted by atomic mass is 32.2. The fourth-order valence-corrected chi connectivity index (χ4v) is 3.09. The molecule has 0 amide bonds. The molecule has 0 bridgehead atoms. The molecule has 1 aromatic carbocycles. The number of allylic oxidation sites excluding steroid dienone is 1. The Morgan fingerprint density at radius 3 is 2.35 bits per heavy atom. The molecule has 6 heteroatoms. The SMILES string of the molecule is C=CCC(SC(F)(F)F)(C(=O)OC(C)(C)C)c1cccc(C)c1. The van der Waals surface area contributed by atoms with Crippen LogP contribution in [-0.4, -0.2) is 17.1 Å². The monoisotopic (exact) mass is 346 g/mol. The van der Waals surface area contributed by atoms with Gasteiger partial charge in [0, 0.05) is 0 Å². The van der Waals surface area contributed by atoms with Crippen LogP contribution >= 0.6 is 11.8 Å². The minimum atomic E-state index is -4.59. The highest BCUT2D eigenvalue weighted by molar-refractivity contribution is 8.01. The molecular formula is C17H21F3O2S. The quantitative estimate of drug-likeness (QED) is 0.530. The first kappa shape index (κ1) is 19.6. The van der Waals surface area contributed by atoms with Crippen molar-refractivity contribution < 1.29 is 22.7 Å². The number of ether oxygens (including phenoxy) is 1. The first-order valence-corrected chi connectivity index (χ1v) is 7.90. The van der Waals surface area contributed by atoms with Gasteiger partial charge in [0.2, 0.25) is 0 Å². The molecule has 128 valence electrons. The van der Waals surface area contributed by atoms with Gasteiger partial charge in [0.05, 0.1) is 0 Å². The van der Waals surface area contributed by atoms with E-state index in [1.807, 2.05) is 0 Å². The second kappa shape index (κ2) is 6.99. The van der Waals surface area contributed by atoms with Crippen LogP contribution in [0.4, 0.5) is 13.2 Å². The molecule has 0 radical (unpaired) electrons. The Morgan fingerprint density at radius 2 is 1.91 bits per heavy atom. The summed E-state index contributed by atoms with van der Waals surface area (Å²) in [7, 11) is 0. The Balaban J connectivity index is 3.47. The minimum Gasteiger partial charge on any atom is -0.459 e. The number of benzene rings is 1. The zero-order valence-electron chi connectivity index (χ0n) is 13.7. The van der Waals surface area contributed by atoms with Gasteiger partial charge in [-0.05, 0) is 51.4 Å². The molecule has 0 saturated carbocycles. The van der Waals surface area contributed by atoms with Crippen LogP contribution in [0.2, 0.25) is 0 Å². The number of aryl methyl sites for hydroxylation is 1. The summed E-state index contributed by atoms with van der Waals surface area (Å²) in [6.07, 6.45) is 1.13. The van der Waals surface area contributed by atoms with Crippen molar-refractivity contribution in [3.05, 3.63) is 48.0 Å². The third kappa shape index (κ3) is 5.61. The lowest BCUT2D eigenvalue weighted by atomic mass is 9.93. The number of carbonyl (C=O) groups is 1. The van der Waals surface area contributed by atoms with E-state index in [9.17, 15) is 18.0 Å². The summed E-state index contributed by atoms with van der Waals surface area (Å²) in [6.45, 7) is 10.1. The number of esters is 1. The molecule has 0 heterocycles. The van der Waals surface area contributed by atoms with E-state index in [0.717, 1.165) is 5.56 Å². The Bertz CT molecular complexity index is 576. The van der Waals surface area contributed by atoms with Crippen molar-refractivity contribution in [2.24, 2.45) is 0 Å². The second-order valence-corrected chi connectivity index (χ2v) is 7.60. The summed E-state index contributed by atoms with van der Waals surface area (Å²) in [5.74, 6) is -0.919. The van der Waals surface area contributed by atoms with Crippen molar-refractivity contribution in [2.75, 3.05) is 0 Å². The standard InChI is InChI=1S/C17H21F3O2S/c1-6-10-16(23-17(18,19)20,14(21)22-15(3,4)5)13-9-7-8-12(2)11-13/h6-9,11H,1,10H2,2-5H3. The van der Waals surface area contributed by atoms with Crippen molar-refractivity contribution >= 4 is 17.7 Å². The van der Waals surface area contributed by atoms with Crippen molar-refractivity contribution in [1.29, 1.82) is 0 Å². The molecule has 1 atom stereocenters. The van der Waals surface area contributed by atoms with E-state index in [0.29, 0.717) is 0 Å². The summed E-state index contributed by atoms with van der Waals surface area (Å²) < 4.78 is 42.9. The van der Waals surface area contributed by atoms with E-state index in [4.69, 9.17) is 4.74 Å². The van der Waals surface area contributed by atoms with Crippen LogP contribution in [0.25, 0.3) is 0 Å². The summed E-state index contributed by atoms with van der Waals surface area (Å²) in [5.41, 5.74) is -4.46. The molecule has 1 aromatic rings. The van der Waals surface area contributed by atoms with Gasteiger partial charge in [-0.2, -0.15) is 13.2 Å². The zero-order chi connectivity index (χ0) is 17.9. The topological polar surface area (TPSA) is 26.3 Å². The smallest absolute Gasteiger partial charge is 0.443 e. The number of hydrogen-bond acceptors (Lipinski definition) is 3. The number of hydrogen-bond donors (Lipinski definition) is 0. The van der Waals surface area contributed by atoms with Crippen LogP contribution in [0.1, 0.15) is 38.3 Å². The average molecular weight is 346 g/mol. The Kier molecular flexibility index (Phi) is 5.96. The normalized spacial score (nSPS) is 14.9. The first-order valence-electron chi connectivity index (χ1n) is 7.08. The Labute approximate surface area is 139 Å². The van der Waals surface area contributed by atoms with E-state index >= 15 is 0 Å². The molecule has 2 nitrogen and oxygen atoms in total. The zero-order valence-corrected chi connectivity index (χ0v) is 14.5. The van der Waals surface area contributed by atoms with Gasteiger partial charge in [0.25, 0.3) is 0 Å². The van der Waals surface area contributed by atoms with Gasteiger partial charge in [-0.1, -0.05) is 35.9 Å². The molecule has 0 aromatic heterocycles. The maximum atomic E-state index is 13.2. The van der Waals surface area contributed by atoms with Crippen LogP contribution in [0.15, 0.2) is 36.9 Å². The number of halogens is 3. The molecule has 0 spiro atoms. The van der Waals surface area contributed by atoms with Gasteiger partial charge in [0.15, 0.2) is 0 Å². The average Bonchev–Trinajstić information content (AvgIpc) is 2.34. The number of alkyl halides is 3. The third-order valence-electron chi connectivity index (χ3n) is 2.93. The van der Waals surface area contributed by atoms with Crippen LogP contribution in [0, 0.1) is 6.92 Å². The molecule has 0 fully saturated rings. The largest absolute Gasteiger partial charge is 0.459 e. The van der Waals surface area contributed by atoms with Crippen LogP contribution < -0.4 is 0 Å². The van der Waals surface area contributed by atoms with Gasteiger partial charge in [-0.15, -0.1) is 6.58 Å². The Hall–Kier alpha value is -1.43. The molecule has 0 saturated heterocycles. The van der Waals surface area contributed by atoms with Crippen molar-refractivity contribution in [2.45, 2.75) is 50.0 Å². The molecule has 1 unspecified atom stereocenters. The minimum absolute atomic E-state index is 0.185. The van der Waals surface area contributed by atoms with Gasteiger partial charge in [-0.3, -0.25) is 4.79 Å². The van der Waals surface area contributed by atoms with Crippen LogP contribution in [0.3, 0.4) is 0 Å². The van der Waals surface area contributed by atoms with Gasteiger partial charge < -0.3 is 4.74 Å². The molecule has 0 aliphatic heterocycles. The summed E-state index contributed by atoms with van der Waals surface area (Å²) in [5, 5.41) is 0. The number of carbonyl (C=O) groups excluding carboxylic acids is 1. The first-order chi connectivity index (χ1) is 10.4. The molecule has 23 heavy (non-hydrogen) atoms. The molecule has 1 rings (SSSR count). The molecular weight excluding hydrogens is 325 g/mol. The van der Waals surface area contributed by atoms with Crippen LogP contribution in [0.5, 0.6) is 0 Å². The van der Waals surface area contributed by atoms with E-state index in [1.165, 1.54) is 12.1 Å². The highest BCUT2D eigenvalue weighted by Gasteiger charge is 2.51. The maximum absolute atomic E-state index is 13.2. The molecule has 0 aliphatic rings. The van der Waals surface area contributed by atoms with E-state index in [-0.39, 0.29) is 23.7 Å². The summed E-state index contributed by atoms with van der Waals surface area (Å²) in [6, 6.07) is 6.48. The van der Waals surface area contributed by atoms with Gasteiger partial charge in [-0.25, -0.2) is 0 Å². The Morgan fingerprint density at radius 1 is 1.30 bits per heavy atom.